The molecule has 0 aliphatic carbocycles. The molecule has 0 radical (unpaired) electrons. The van der Waals surface area contributed by atoms with Crippen molar-refractivity contribution in [2.45, 2.75) is 19.4 Å². The number of hydrogen-bond donors (Lipinski definition) is 3. The van der Waals surface area contributed by atoms with Gasteiger partial charge in [-0.1, -0.05) is 0 Å². The number of carbonyl (C=O) groups is 3. The topological polar surface area (TPSA) is 105 Å². The number of carboxylic acids is 1. The molecule has 7 nitrogen and oxygen atoms in total. The number of hydrogen-bond acceptors (Lipinski definition) is 4. The van der Waals surface area contributed by atoms with Crippen molar-refractivity contribution in [3.8, 4) is 5.75 Å². The van der Waals surface area contributed by atoms with E-state index in [4.69, 9.17) is 9.84 Å². The number of nitrogens with one attached hydrogen (secondary N) is 2. The van der Waals surface area contributed by atoms with Gasteiger partial charge in [-0.05, 0) is 41.9 Å². The molecule has 2 rings (SSSR count). The van der Waals surface area contributed by atoms with Crippen molar-refractivity contribution in [3.63, 3.8) is 0 Å². The number of carboxylic acid groups (broad SMARTS) is 1. The smallest absolute Gasteiger partial charge is 0.328 e. The molecule has 1 heterocycles. The summed E-state index contributed by atoms with van der Waals surface area (Å²) in [5.74, 6) is -1.62. The van der Waals surface area contributed by atoms with Crippen LogP contribution in [0.25, 0.3) is 0 Å². The van der Waals surface area contributed by atoms with Gasteiger partial charge in [-0.3, -0.25) is 9.59 Å². The SMILES string of the molecule is CC(C)(NC(=O)c1cc2c(cc1Br)NC(=O)CO2)C(=O)O. The third-order valence-corrected chi connectivity index (χ3v) is 3.56. The van der Waals surface area contributed by atoms with E-state index in [1.54, 1.807) is 0 Å². The summed E-state index contributed by atoms with van der Waals surface area (Å²) >= 11 is 3.23. The average molecular weight is 357 g/mol. The Morgan fingerprint density at radius 2 is 2.10 bits per heavy atom. The highest BCUT2D eigenvalue weighted by Gasteiger charge is 2.30. The summed E-state index contributed by atoms with van der Waals surface area (Å²) in [6.45, 7) is 2.64. The lowest BCUT2D eigenvalue weighted by atomic mass is 10.0. The molecule has 0 aromatic heterocycles. The van der Waals surface area contributed by atoms with Crippen LogP contribution < -0.4 is 15.4 Å². The second-order valence-electron chi connectivity index (χ2n) is 5.05. The molecule has 0 saturated heterocycles. The van der Waals surface area contributed by atoms with E-state index in [0.717, 1.165) is 0 Å². The van der Waals surface area contributed by atoms with Crippen molar-refractivity contribution >= 4 is 39.4 Å². The fourth-order valence-electron chi connectivity index (χ4n) is 1.68. The van der Waals surface area contributed by atoms with Gasteiger partial charge in [-0.15, -0.1) is 0 Å². The van der Waals surface area contributed by atoms with Gasteiger partial charge in [0.2, 0.25) is 0 Å². The molecule has 112 valence electrons. The molecule has 0 saturated carbocycles. The number of fused-ring (bicyclic) bond motifs is 1. The molecule has 3 N–H and O–H groups in total. The Kier molecular flexibility index (Phi) is 3.91. The Morgan fingerprint density at radius 3 is 2.71 bits per heavy atom. The summed E-state index contributed by atoms with van der Waals surface area (Å²) in [6.07, 6.45) is 0. The standard InChI is InChI=1S/C13H13BrN2O5/c1-13(2,12(19)20)16-11(18)6-3-9-8(4-7(6)14)15-10(17)5-21-9/h3-4H,5H2,1-2H3,(H,15,17)(H,16,18)(H,19,20). The molecule has 1 aliphatic heterocycles. The molecule has 1 aromatic rings. The molecular weight excluding hydrogens is 344 g/mol. The summed E-state index contributed by atoms with van der Waals surface area (Å²) in [5, 5.41) is 14.1. The number of benzene rings is 1. The zero-order valence-corrected chi connectivity index (χ0v) is 12.9. The number of rotatable bonds is 3. The first-order valence-corrected chi connectivity index (χ1v) is 6.82. The van der Waals surface area contributed by atoms with Crippen molar-refractivity contribution in [1.82, 2.24) is 5.32 Å². The normalized spacial score (nSPS) is 13.8. The lowest BCUT2D eigenvalue weighted by molar-refractivity contribution is -0.143. The number of anilines is 1. The molecule has 21 heavy (non-hydrogen) atoms. The van der Waals surface area contributed by atoms with Crippen molar-refractivity contribution in [2.75, 3.05) is 11.9 Å². The second-order valence-corrected chi connectivity index (χ2v) is 5.90. The first kappa shape index (κ1) is 15.3. The Balaban J connectivity index is 2.31. The van der Waals surface area contributed by atoms with Crippen molar-refractivity contribution in [2.24, 2.45) is 0 Å². The van der Waals surface area contributed by atoms with Crippen LogP contribution in [0.2, 0.25) is 0 Å². The van der Waals surface area contributed by atoms with Crippen LogP contribution in [0.1, 0.15) is 24.2 Å². The first-order valence-electron chi connectivity index (χ1n) is 6.03. The summed E-state index contributed by atoms with van der Waals surface area (Å²) in [5.41, 5.74) is -0.729. The Bertz CT molecular complexity index is 642. The van der Waals surface area contributed by atoms with Crippen molar-refractivity contribution in [1.29, 1.82) is 0 Å². The molecule has 0 spiro atoms. The largest absolute Gasteiger partial charge is 0.482 e. The zero-order chi connectivity index (χ0) is 15.8. The lowest BCUT2D eigenvalue weighted by Crippen LogP contribution is -2.49. The van der Waals surface area contributed by atoms with E-state index >= 15 is 0 Å². The average Bonchev–Trinajstić information content (AvgIpc) is 2.36. The minimum atomic E-state index is -1.40. The van der Waals surface area contributed by atoms with Gasteiger partial charge in [0.05, 0.1) is 11.3 Å². The van der Waals surface area contributed by atoms with Gasteiger partial charge in [-0.25, -0.2) is 4.79 Å². The minimum Gasteiger partial charge on any atom is -0.482 e. The van der Waals surface area contributed by atoms with Crippen LogP contribution in [-0.4, -0.2) is 35.0 Å². The van der Waals surface area contributed by atoms with Crippen molar-refractivity contribution in [3.05, 3.63) is 22.2 Å². The molecule has 1 aliphatic rings. The molecule has 0 unspecified atom stereocenters. The zero-order valence-electron chi connectivity index (χ0n) is 11.3. The quantitative estimate of drug-likeness (QED) is 0.758. The van der Waals surface area contributed by atoms with Crippen LogP contribution in [0.15, 0.2) is 16.6 Å². The van der Waals surface area contributed by atoms with E-state index in [1.165, 1.54) is 26.0 Å². The van der Waals surface area contributed by atoms with E-state index in [1.807, 2.05) is 0 Å². The predicted octanol–water partition coefficient (Wildman–Crippen LogP) is 1.37. The van der Waals surface area contributed by atoms with Gasteiger partial charge in [0, 0.05) is 4.47 Å². The molecule has 0 fully saturated rings. The highest BCUT2D eigenvalue weighted by molar-refractivity contribution is 9.10. The molecule has 1 aromatic carbocycles. The molecule has 0 bridgehead atoms. The van der Waals surface area contributed by atoms with Gasteiger partial charge in [-0.2, -0.15) is 0 Å². The van der Waals surface area contributed by atoms with Gasteiger partial charge in [0.15, 0.2) is 6.61 Å². The van der Waals surface area contributed by atoms with E-state index < -0.39 is 17.4 Å². The Morgan fingerprint density at radius 1 is 1.43 bits per heavy atom. The third kappa shape index (κ3) is 3.15. The lowest BCUT2D eigenvalue weighted by Gasteiger charge is -2.23. The van der Waals surface area contributed by atoms with Crippen LogP contribution in [-0.2, 0) is 9.59 Å². The highest BCUT2D eigenvalue weighted by Crippen LogP contribution is 2.33. The summed E-state index contributed by atoms with van der Waals surface area (Å²) in [7, 11) is 0. The van der Waals surface area contributed by atoms with Gasteiger partial charge < -0.3 is 20.5 Å². The summed E-state index contributed by atoms with van der Waals surface area (Å²) < 4.78 is 5.65. The second kappa shape index (κ2) is 5.36. The molecule has 0 atom stereocenters. The van der Waals surface area contributed by atoms with Gasteiger partial charge in [0.25, 0.3) is 11.8 Å². The highest BCUT2D eigenvalue weighted by atomic mass is 79.9. The monoisotopic (exact) mass is 356 g/mol. The summed E-state index contributed by atoms with van der Waals surface area (Å²) in [6, 6.07) is 2.99. The Hall–Kier alpha value is -2.09. The van der Waals surface area contributed by atoms with Crippen LogP contribution in [0.3, 0.4) is 0 Å². The Labute approximate surface area is 128 Å². The molecular formula is C13H13BrN2O5. The van der Waals surface area contributed by atoms with E-state index in [0.29, 0.717) is 15.9 Å². The van der Waals surface area contributed by atoms with E-state index in [9.17, 15) is 14.4 Å². The van der Waals surface area contributed by atoms with Crippen LogP contribution in [0.5, 0.6) is 5.75 Å². The first-order chi connectivity index (χ1) is 9.70. The van der Waals surface area contributed by atoms with E-state index in [-0.39, 0.29) is 18.1 Å². The number of ether oxygens (including phenoxy) is 1. The van der Waals surface area contributed by atoms with Crippen LogP contribution in [0, 0.1) is 0 Å². The maximum atomic E-state index is 12.2. The number of carbonyl (C=O) groups excluding carboxylic acids is 2. The third-order valence-electron chi connectivity index (χ3n) is 2.91. The fraction of sp³-hybridized carbons (Fsp3) is 0.308. The molecule has 8 heteroatoms. The molecule has 2 amide bonds. The maximum absolute atomic E-state index is 12.2. The van der Waals surface area contributed by atoms with Crippen LogP contribution in [0.4, 0.5) is 5.69 Å². The maximum Gasteiger partial charge on any atom is 0.328 e. The minimum absolute atomic E-state index is 0.129. The fourth-order valence-corrected chi connectivity index (χ4v) is 2.20. The predicted molar refractivity (Wildman–Crippen MR) is 77.4 cm³/mol. The summed E-state index contributed by atoms with van der Waals surface area (Å²) in [4.78, 5) is 34.5. The number of amides is 2. The van der Waals surface area contributed by atoms with Crippen molar-refractivity contribution < 1.29 is 24.2 Å². The number of aliphatic carboxylic acids is 1. The van der Waals surface area contributed by atoms with Crippen LogP contribution >= 0.6 is 15.9 Å². The van der Waals surface area contributed by atoms with E-state index in [2.05, 4.69) is 26.6 Å². The van der Waals surface area contributed by atoms with Gasteiger partial charge >= 0.3 is 5.97 Å². The van der Waals surface area contributed by atoms with Gasteiger partial charge in [0.1, 0.15) is 11.3 Å². The number of halogens is 1.